The van der Waals surface area contributed by atoms with Crippen LogP contribution >= 0.6 is 0 Å². The van der Waals surface area contributed by atoms with Gasteiger partial charge in [0.1, 0.15) is 0 Å². The molecular weight excluding hydrogens is 178 g/mol. The van der Waals surface area contributed by atoms with Gasteiger partial charge in [0.15, 0.2) is 0 Å². The topological polar surface area (TPSA) is 37.4 Å². The third-order valence-corrected chi connectivity index (χ3v) is 3.38. The van der Waals surface area contributed by atoms with Crippen LogP contribution in [-0.4, -0.2) is 23.3 Å². The summed E-state index contributed by atoms with van der Waals surface area (Å²) in [5.41, 5.74) is 0. The highest BCUT2D eigenvalue weighted by molar-refractivity contribution is 6.05. The Bertz CT molecular complexity index is 238. The van der Waals surface area contributed by atoms with Crippen molar-refractivity contribution in [3.63, 3.8) is 0 Å². The summed E-state index contributed by atoms with van der Waals surface area (Å²) in [6.07, 6.45) is 4.95. The second-order valence-corrected chi connectivity index (χ2v) is 4.33. The number of nitrogens with zero attached hydrogens (tertiary/aromatic N) is 1. The Labute approximate surface area is 84.5 Å². The highest BCUT2D eigenvalue weighted by Gasteiger charge is 2.47. The first-order valence-electron chi connectivity index (χ1n) is 5.61. The minimum atomic E-state index is 0.0304. The van der Waals surface area contributed by atoms with Crippen molar-refractivity contribution in [2.45, 2.75) is 39.0 Å². The zero-order valence-electron chi connectivity index (χ0n) is 8.66. The lowest BCUT2D eigenvalue weighted by Crippen LogP contribution is -2.31. The van der Waals surface area contributed by atoms with Gasteiger partial charge in [0.2, 0.25) is 11.8 Å². The zero-order chi connectivity index (χ0) is 10.1. The fourth-order valence-corrected chi connectivity index (χ4v) is 2.67. The molecule has 1 aliphatic heterocycles. The van der Waals surface area contributed by atoms with Crippen LogP contribution in [0.5, 0.6) is 0 Å². The SMILES string of the molecule is CCCN1C(=O)C2CCCCC2C1=O. The number of carbonyl (C=O) groups excluding carboxylic acids is 2. The molecular formula is C11H17NO2. The fourth-order valence-electron chi connectivity index (χ4n) is 2.67. The van der Waals surface area contributed by atoms with E-state index in [0.717, 1.165) is 32.1 Å². The molecule has 0 radical (unpaired) electrons. The number of carbonyl (C=O) groups is 2. The van der Waals surface area contributed by atoms with Crippen molar-refractivity contribution in [2.24, 2.45) is 11.8 Å². The van der Waals surface area contributed by atoms with Gasteiger partial charge in [-0.1, -0.05) is 19.8 Å². The van der Waals surface area contributed by atoms with Crippen LogP contribution in [-0.2, 0) is 9.59 Å². The van der Waals surface area contributed by atoms with E-state index < -0.39 is 0 Å². The maximum absolute atomic E-state index is 11.8. The normalized spacial score (nSPS) is 32.2. The van der Waals surface area contributed by atoms with Crippen LogP contribution in [0.15, 0.2) is 0 Å². The molecule has 1 aliphatic carbocycles. The van der Waals surface area contributed by atoms with Gasteiger partial charge in [-0.15, -0.1) is 0 Å². The molecule has 78 valence electrons. The summed E-state index contributed by atoms with van der Waals surface area (Å²) in [6.45, 7) is 2.62. The van der Waals surface area contributed by atoms with Crippen molar-refractivity contribution in [2.75, 3.05) is 6.54 Å². The molecule has 0 spiro atoms. The standard InChI is InChI=1S/C11H17NO2/c1-2-7-12-10(13)8-5-3-4-6-9(8)11(12)14/h8-9H,2-7H2,1H3. The van der Waals surface area contributed by atoms with Gasteiger partial charge >= 0.3 is 0 Å². The molecule has 1 saturated carbocycles. The molecule has 2 fully saturated rings. The van der Waals surface area contributed by atoms with Gasteiger partial charge in [-0.25, -0.2) is 0 Å². The van der Waals surface area contributed by atoms with E-state index in [2.05, 4.69) is 0 Å². The summed E-state index contributed by atoms with van der Waals surface area (Å²) < 4.78 is 0. The van der Waals surface area contributed by atoms with Gasteiger partial charge in [-0.3, -0.25) is 14.5 Å². The highest BCUT2D eigenvalue weighted by atomic mass is 16.2. The molecule has 2 rings (SSSR count). The molecule has 0 aromatic carbocycles. The summed E-state index contributed by atoms with van der Waals surface area (Å²) in [6, 6.07) is 0. The number of likely N-dealkylation sites (tertiary alicyclic amines) is 1. The van der Waals surface area contributed by atoms with Crippen LogP contribution in [0.2, 0.25) is 0 Å². The molecule has 2 aliphatic rings. The molecule has 2 amide bonds. The Kier molecular flexibility index (Phi) is 2.57. The number of rotatable bonds is 2. The van der Waals surface area contributed by atoms with Gasteiger partial charge in [0.25, 0.3) is 0 Å². The lowest BCUT2D eigenvalue weighted by Gasteiger charge is -2.19. The fraction of sp³-hybridized carbons (Fsp3) is 0.818. The maximum atomic E-state index is 11.8. The Balaban J connectivity index is 2.15. The number of hydrogen-bond donors (Lipinski definition) is 0. The van der Waals surface area contributed by atoms with E-state index in [1.807, 2.05) is 6.92 Å². The van der Waals surface area contributed by atoms with Crippen molar-refractivity contribution in [1.29, 1.82) is 0 Å². The number of imide groups is 1. The largest absolute Gasteiger partial charge is 0.282 e. The number of fused-ring (bicyclic) bond motifs is 1. The van der Waals surface area contributed by atoms with Crippen LogP contribution in [0.1, 0.15) is 39.0 Å². The van der Waals surface area contributed by atoms with E-state index in [1.54, 1.807) is 0 Å². The number of hydrogen-bond acceptors (Lipinski definition) is 2. The third-order valence-electron chi connectivity index (χ3n) is 3.38. The molecule has 1 heterocycles. The molecule has 2 atom stereocenters. The molecule has 0 aromatic heterocycles. The van der Waals surface area contributed by atoms with Crippen molar-refractivity contribution in [1.82, 2.24) is 4.90 Å². The number of amides is 2. The predicted molar refractivity (Wildman–Crippen MR) is 52.5 cm³/mol. The van der Waals surface area contributed by atoms with E-state index in [-0.39, 0.29) is 23.7 Å². The van der Waals surface area contributed by atoms with Gasteiger partial charge in [0, 0.05) is 6.54 Å². The molecule has 0 N–H and O–H groups in total. The van der Waals surface area contributed by atoms with Crippen LogP contribution in [0.25, 0.3) is 0 Å². The minimum absolute atomic E-state index is 0.0304. The summed E-state index contributed by atoms with van der Waals surface area (Å²) >= 11 is 0. The molecule has 0 bridgehead atoms. The van der Waals surface area contributed by atoms with Crippen molar-refractivity contribution in [3.05, 3.63) is 0 Å². The van der Waals surface area contributed by atoms with E-state index >= 15 is 0 Å². The average Bonchev–Trinajstić information content (AvgIpc) is 2.45. The average molecular weight is 195 g/mol. The summed E-state index contributed by atoms with van der Waals surface area (Å²) in [5.74, 6) is 0.258. The van der Waals surface area contributed by atoms with Crippen LogP contribution in [0, 0.1) is 11.8 Å². The second kappa shape index (κ2) is 3.71. The van der Waals surface area contributed by atoms with Crippen molar-refractivity contribution in [3.8, 4) is 0 Å². The van der Waals surface area contributed by atoms with Gasteiger partial charge in [-0.05, 0) is 19.3 Å². The third kappa shape index (κ3) is 1.35. The minimum Gasteiger partial charge on any atom is -0.282 e. The molecule has 3 heteroatoms. The summed E-state index contributed by atoms with van der Waals surface area (Å²) in [7, 11) is 0. The van der Waals surface area contributed by atoms with E-state index in [4.69, 9.17) is 0 Å². The second-order valence-electron chi connectivity index (χ2n) is 4.33. The highest BCUT2D eigenvalue weighted by Crippen LogP contribution is 2.37. The first kappa shape index (κ1) is 9.69. The first-order chi connectivity index (χ1) is 6.75. The van der Waals surface area contributed by atoms with Gasteiger partial charge in [0.05, 0.1) is 11.8 Å². The Hall–Kier alpha value is -0.860. The van der Waals surface area contributed by atoms with Crippen molar-refractivity contribution < 1.29 is 9.59 Å². The predicted octanol–water partition coefficient (Wildman–Crippen LogP) is 1.57. The first-order valence-corrected chi connectivity index (χ1v) is 5.61. The molecule has 1 saturated heterocycles. The zero-order valence-corrected chi connectivity index (χ0v) is 8.66. The summed E-state index contributed by atoms with van der Waals surface area (Å²) in [5, 5.41) is 0. The summed E-state index contributed by atoms with van der Waals surface area (Å²) in [4.78, 5) is 25.2. The van der Waals surface area contributed by atoms with E-state index in [0.29, 0.717) is 6.54 Å². The van der Waals surface area contributed by atoms with E-state index in [1.165, 1.54) is 4.90 Å². The van der Waals surface area contributed by atoms with Gasteiger partial charge < -0.3 is 0 Å². The maximum Gasteiger partial charge on any atom is 0.233 e. The van der Waals surface area contributed by atoms with Crippen LogP contribution < -0.4 is 0 Å². The quantitative estimate of drug-likeness (QED) is 0.627. The smallest absolute Gasteiger partial charge is 0.233 e. The molecule has 14 heavy (non-hydrogen) atoms. The van der Waals surface area contributed by atoms with E-state index in [9.17, 15) is 9.59 Å². The van der Waals surface area contributed by atoms with Crippen LogP contribution in [0.3, 0.4) is 0 Å². The van der Waals surface area contributed by atoms with Gasteiger partial charge in [-0.2, -0.15) is 0 Å². The Morgan fingerprint density at radius 1 is 1.14 bits per heavy atom. The Morgan fingerprint density at radius 2 is 1.64 bits per heavy atom. The lowest BCUT2D eigenvalue weighted by molar-refractivity contribution is -0.139. The monoisotopic (exact) mass is 195 g/mol. The molecule has 0 aromatic rings. The van der Waals surface area contributed by atoms with Crippen LogP contribution in [0.4, 0.5) is 0 Å². The Morgan fingerprint density at radius 3 is 2.07 bits per heavy atom. The molecule has 3 nitrogen and oxygen atoms in total. The molecule has 2 unspecified atom stereocenters. The van der Waals surface area contributed by atoms with Crippen molar-refractivity contribution >= 4 is 11.8 Å². The lowest BCUT2D eigenvalue weighted by atomic mass is 9.81.